The third-order valence-electron chi connectivity index (χ3n) is 4.23. The largest absolute Gasteiger partial charge is 0.416 e. The monoisotopic (exact) mass is 378 g/mol. The summed E-state index contributed by atoms with van der Waals surface area (Å²) in [5, 5.41) is 5.19. The first kappa shape index (κ1) is 20.5. The molecule has 0 saturated carbocycles. The molecule has 4 nitrogen and oxygen atoms in total. The smallest absolute Gasteiger partial charge is 0.325 e. The van der Waals surface area contributed by atoms with E-state index in [1.807, 2.05) is 13.8 Å². The van der Waals surface area contributed by atoms with Crippen molar-refractivity contribution in [1.29, 1.82) is 0 Å². The van der Waals surface area contributed by atoms with E-state index in [2.05, 4.69) is 10.6 Å². The van der Waals surface area contributed by atoms with Crippen molar-refractivity contribution in [3.8, 4) is 0 Å². The van der Waals surface area contributed by atoms with E-state index in [0.717, 1.165) is 12.1 Å². The van der Waals surface area contributed by atoms with Gasteiger partial charge in [-0.3, -0.25) is 9.59 Å². The fraction of sp³-hybridized carbons (Fsp3) is 0.300. The minimum atomic E-state index is -4.50. The van der Waals surface area contributed by atoms with Gasteiger partial charge in [0.05, 0.1) is 16.8 Å². The molecule has 2 amide bonds. The van der Waals surface area contributed by atoms with Gasteiger partial charge in [0.2, 0.25) is 5.91 Å². The molecule has 0 saturated heterocycles. The van der Waals surface area contributed by atoms with Crippen molar-refractivity contribution < 1.29 is 22.8 Å². The Balaban J connectivity index is 2.22. The summed E-state index contributed by atoms with van der Waals surface area (Å²) < 4.78 is 38.5. The van der Waals surface area contributed by atoms with E-state index in [1.165, 1.54) is 18.2 Å². The molecular weight excluding hydrogens is 357 g/mol. The van der Waals surface area contributed by atoms with Crippen LogP contribution in [0.15, 0.2) is 48.5 Å². The number of benzene rings is 2. The third-order valence-corrected chi connectivity index (χ3v) is 4.23. The summed E-state index contributed by atoms with van der Waals surface area (Å²) in [6.45, 7) is 3.81. The second kappa shape index (κ2) is 8.70. The average Bonchev–Trinajstić information content (AvgIpc) is 2.62. The first-order valence-electron chi connectivity index (χ1n) is 8.64. The zero-order valence-electron chi connectivity index (χ0n) is 15.1. The Morgan fingerprint density at radius 3 is 2.26 bits per heavy atom. The standard InChI is InChI=1S/C20H21F3N2O2/c1-3-13(4-2)18(26)25-17-11-6-5-10-16(17)19(27)24-15-9-7-8-14(12-15)20(21,22)23/h5-13H,3-4H2,1-2H3,(H,24,27)(H,25,26). The number of carbonyl (C=O) groups excluding carboxylic acids is 2. The van der Waals surface area contributed by atoms with Crippen LogP contribution in [0.3, 0.4) is 0 Å². The molecule has 2 rings (SSSR count). The Labute approximate surface area is 155 Å². The third kappa shape index (κ3) is 5.32. The number of nitrogens with one attached hydrogen (secondary N) is 2. The topological polar surface area (TPSA) is 58.2 Å². The van der Waals surface area contributed by atoms with Gasteiger partial charge in [0, 0.05) is 11.6 Å². The lowest BCUT2D eigenvalue weighted by Crippen LogP contribution is -2.24. The van der Waals surface area contributed by atoms with Crippen LogP contribution in [0.5, 0.6) is 0 Å². The maximum Gasteiger partial charge on any atom is 0.416 e. The van der Waals surface area contributed by atoms with Gasteiger partial charge in [-0.2, -0.15) is 13.2 Å². The van der Waals surface area contributed by atoms with Gasteiger partial charge < -0.3 is 10.6 Å². The van der Waals surface area contributed by atoms with Crippen LogP contribution in [0.1, 0.15) is 42.6 Å². The van der Waals surface area contributed by atoms with E-state index in [-0.39, 0.29) is 23.1 Å². The molecule has 0 atom stereocenters. The predicted molar refractivity (Wildman–Crippen MR) is 98.5 cm³/mol. The van der Waals surface area contributed by atoms with Crippen LogP contribution in [0, 0.1) is 5.92 Å². The Morgan fingerprint density at radius 2 is 1.63 bits per heavy atom. The molecule has 27 heavy (non-hydrogen) atoms. The molecule has 0 heterocycles. The Hall–Kier alpha value is -2.83. The second-order valence-corrected chi connectivity index (χ2v) is 6.08. The number of amides is 2. The van der Waals surface area contributed by atoms with E-state index in [9.17, 15) is 22.8 Å². The first-order chi connectivity index (χ1) is 12.8. The van der Waals surface area contributed by atoms with Gasteiger partial charge in [-0.25, -0.2) is 0 Å². The molecule has 0 aliphatic rings. The Kier molecular flexibility index (Phi) is 6.60. The van der Waals surface area contributed by atoms with E-state index in [0.29, 0.717) is 18.5 Å². The maximum absolute atomic E-state index is 12.8. The minimum Gasteiger partial charge on any atom is -0.325 e. The lowest BCUT2D eigenvalue weighted by atomic mass is 10.0. The number of halogens is 3. The van der Waals surface area contributed by atoms with Gasteiger partial charge in [-0.05, 0) is 43.2 Å². The highest BCUT2D eigenvalue weighted by atomic mass is 19.4. The zero-order chi connectivity index (χ0) is 20.0. The van der Waals surface area contributed by atoms with Gasteiger partial charge in [0.15, 0.2) is 0 Å². The molecule has 0 aliphatic carbocycles. The van der Waals surface area contributed by atoms with Gasteiger partial charge in [-0.15, -0.1) is 0 Å². The number of carbonyl (C=O) groups is 2. The first-order valence-corrected chi connectivity index (χ1v) is 8.64. The summed E-state index contributed by atoms with van der Waals surface area (Å²) in [7, 11) is 0. The quantitative estimate of drug-likeness (QED) is 0.714. The number of anilines is 2. The van der Waals surface area contributed by atoms with Gasteiger partial charge in [-0.1, -0.05) is 32.0 Å². The normalized spacial score (nSPS) is 11.3. The predicted octanol–water partition coefficient (Wildman–Crippen LogP) is 5.33. The summed E-state index contributed by atoms with van der Waals surface area (Å²) in [4.78, 5) is 24.8. The number of rotatable bonds is 6. The minimum absolute atomic E-state index is 0.0240. The zero-order valence-corrected chi connectivity index (χ0v) is 15.1. The molecule has 7 heteroatoms. The molecule has 0 aromatic heterocycles. The van der Waals surface area contributed by atoms with Crippen molar-refractivity contribution in [2.75, 3.05) is 10.6 Å². The van der Waals surface area contributed by atoms with E-state index in [4.69, 9.17) is 0 Å². The van der Waals surface area contributed by atoms with Crippen LogP contribution in [0.2, 0.25) is 0 Å². The highest BCUT2D eigenvalue weighted by Crippen LogP contribution is 2.31. The number of para-hydroxylation sites is 1. The fourth-order valence-corrected chi connectivity index (χ4v) is 2.66. The highest BCUT2D eigenvalue weighted by Gasteiger charge is 2.30. The molecule has 2 N–H and O–H groups in total. The second-order valence-electron chi connectivity index (χ2n) is 6.08. The Morgan fingerprint density at radius 1 is 0.963 bits per heavy atom. The number of hydrogen-bond donors (Lipinski definition) is 2. The van der Waals surface area contributed by atoms with E-state index in [1.54, 1.807) is 18.2 Å². The van der Waals surface area contributed by atoms with Crippen molar-refractivity contribution in [2.45, 2.75) is 32.9 Å². The lowest BCUT2D eigenvalue weighted by Gasteiger charge is -2.16. The fourth-order valence-electron chi connectivity index (χ4n) is 2.66. The van der Waals surface area contributed by atoms with Crippen LogP contribution in [0.4, 0.5) is 24.5 Å². The van der Waals surface area contributed by atoms with Gasteiger partial charge >= 0.3 is 6.18 Å². The van der Waals surface area contributed by atoms with Gasteiger partial charge in [0.1, 0.15) is 0 Å². The van der Waals surface area contributed by atoms with Crippen molar-refractivity contribution in [1.82, 2.24) is 0 Å². The number of hydrogen-bond acceptors (Lipinski definition) is 2. The van der Waals surface area contributed by atoms with Crippen LogP contribution in [0.25, 0.3) is 0 Å². The molecule has 0 unspecified atom stereocenters. The van der Waals surface area contributed by atoms with Gasteiger partial charge in [0.25, 0.3) is 5.91 Å². The maximum atomic E-state index is 12.8. The molecule has 0 spiro atoms. The molecule has 2 aromatic carbocycles. The van der Waals surface area contributed by atoms with Crippen molar-refractivity contribution in [3.63, 3.8) is 0 Å². The highest BCUT2D eigenvalue weighted by molar-refractivity contribution is 6.10. The summed E-state index contributed by atoms with van der Waals surface area (Å²) >= 11 is 0. The molecule has 0 bridgehead atoms. The molecule has 0 aliphatic heterocycles. The molecule has 2 aromatic rings. The average molecular weight is 378 g/mol. The Bertz CT molecular complexity index is 815. The molecule has 0 radical (unpaired) electrons. The van der Waals surface area contributed by atoms with Crippen molar-refractivity contribution >= 4 is 23.2 Å². The summed E-state index contributed by atoms with van der Waals surface area (Å²) in [5.41, 5.74) is -0.334. The lowest BCUT2D eigenvalue weighted by molar-refractivity contribution is -0.137. The summed E-state index contributed by atoms with van der Waals surface area (Å²) in [6.07, 6.45) is -3.16. The summed E-state index contributed by atoms with van der Waals surface area (Å²) in [5.74, 6) is -0.973. The van der Waals surface area contributed by atoms with Crippen LogP contribution in [-0.2, 0) is 11.0 Å². The van der Waals surface area contributed by atoms with Crippen LogP contribution < -0.4 is 10.6 Å². The molecule has 0 fully saturated rings. The summed E-state index contributed by atoms with van der Waals surface area (Å²) in [6, 6.07) is 10.8. The van der Waals surface area contributed by atoms with E-state index < -0.39 is 17.6 Å². The van der Waals surface area contributed by atoms with Crippen molar-refractivity contribution in [3.05, 3.63) is 59.7 Å². The van der Waals surface area contributed by atoms with E-state index >= 15 is 0 Å². The van der Waals surface area contributed by atoms with Crippen LogP contribution in [-0.4, -0.2) is 11.8 Å². The van der Waals surface area contributed by atoms with Crippen LogP contribution >= 0.6 is 0 Å². The SMILES string of the molecule is CCC(CC)C(=O)Nc1ccccc1C(=O)Nc1cccc(C(F)(F)F)c1. The molecule has 144 valence electrons. The number of alkyl halides is 3. The van der Waals surface area contributed by atoms with Crippen molar-refractivity contribution in [2.24, 2.45) is 5.92 Å². The molecular formula is C20H21F3N2O2.